The fourth-order valence-corrected chi connectivity index (χ4v) is 1.22. The van der Waals surface area contributed by atoms with Gasteiger partial charge in [-0.25, -0.2) is 0 Å². The Bertz CT molecular complexity index is 349. The van der Waals surface area contributed by atoms with E-state index in [0.717, 1.165) is 6.54 Å². The van der Waals surface area contributed by atoms with Crippen molar-refractivity contribution in [1.82, 2.24) is 5.32 Å². The number of nitrogens with one attached hydrogen (secondary N) is 1. The quantitative estimate of drug-likeness (QED) is 0.642. The number of hydrogen-bond donors (Lipinski definition) is 1. The van der Waals surface area contributed by atoms with E-state index in [-0.39, 0.29) is 12.2 Å². The van der Waals surface area contributed by atoms with Gasteiger partial charge >= 0.3 is 5.97 Å². The van der Waals surface area contributed by atoms with Crippen molar-refractivity contribution in [3.05, 3.63) is 35.9 Å². The molecule has 0 heterocycles. The maximum atomic E-state index is 10.4. The summed E-state index contributed by atoms with van der Waals surface area (Å²) in [6, 6.07) is 10.3. The van der Waals surface area contributed by atoms with E-state index >= 15 is 0 Å². The van der Waals surface area contributed by atoms with Gasteiger partial charge in [0.05, 0.1) is 6.61 Å². The van der Waals surface area contributed by atoms with Crippen LogP contribution in [0.3, 0.4) is 0 Å². The standard InChI is InChI=1S/C8H11N.C6H10O3/c1-9-7-8-5-3-2-4-6-8;1-3-9-6(8)4-5(2)7/h2-6,9H,7H2,1H3;3-4H2,1-2H3. The van der Waals surface area contributed by atoms with Gasteiger partial charge in [0, 0.05) is 6.54 Å². The topological polar surface area (TPSA) is 55.4 Å². The Morgan fingerprint density at radius 2 is 1.83 bits per heavy atom. The normalized spacial score (nSPS) is 9.06. The van der Waals surface area contributed by atoms with Crippen molar-refractivity contribution in [3.63, 3.8) is 0 Å². The lowest BCUT2D eigenvalue weighted by molar-refractivity contribution is -0.145. The van der Waals surface area contributed by atoms with Crippen LogP contribution in [0.25, 0.3) is 0 Å². The third kappa shape index (κ3) is 9.54. The van der Waals surface area contributed by atoms with Crippen molar-refractivity contribution in [2.75, 3.05) is 13.7 Å². The second-order valence-electron chi connectivity index (χ2n) is 3.70. The van der Waals surface area contributed by atoms with Crippen LogP contribution in [-0.4, -0.2) is 25.4 Å². The van der Waals surface area contributed by atoms with Gasteiger partial charge in [-0.1, -0.05) is 30.3 Å². The molecule has 0 saturated carbocycles. The Labute approximate surface area is 108 Å². The lowest BCUT2D eigenvalue weighted by Crippen LogP contribution is -2.07. The molecule has 0 saturated heterocycles. The molecule has 0 aliphatic carbocycles. The number of rotatable bonds is 5. The molecule has 0 atom stereocenters. The SMILES string of the molecule is CCOC(=O)CC(C)=O.CNCc1ccccc1. The average Bonchev–Trinajstić information content (AvgIpc) is 2.31. The van der Waals surface area contributed by atoms with Crippen LogP contribution in [0.15, 0.2) is 30.3 Å². The molecule has 1 N–H and O–H groups in total. The second kappa shape index (κ2) is 10.5. The molecule has 100 valence electrons. The highest BCUT2D eigenvalue weighted by atomic mass is 16.5. The molecule has 0 radical (unpaired) electrons. The number of Topliss-reactive ketones (excluding diaryl/α,β-unsaturated/α-hetero) is 1. The zero-order valence-corrected chi connectivity index (χ0v) is 11.2. The fourth-order valence-electron chi connectivity index (χ4n) is 1.22. The fraction of sp³-hybridized carbons (Fsp3) is 0.429. The molecule has 4 heteroatoms. The Balaban J connectivity index is 0.000000321. The van der Waals surface area contributed by atoms with Crippen molar-refractivity contribution in [1.29, 1.82) is 0 Å². The van der Waals surface area contributed by atoms with Gasteiger partial charge in [-0.05, 0) is 26.5 Å². The van der Waals surface area contributed by atoms with Gasteiger partial charge in [-0.2, -0.15) is 0 Å². The summed E-state index contributed by atoms with van der Waals surface area (Å²) in [4.78, 5) is 20.6. The molecule has 0 aliphatic heterocycles. The molecule has 0 fully saturated rings. The first-order valence-electron chi connectivity index (χ1n) is 5.93. The highest BCUT2D eigenvalue weighted by Gasteiger charge is 2.03. The lowest BCUT2D eigenvalue weighted by Gasteiger charge is -1.96. The molecule has 0 aromatic heterocycles. The number of esters is 1. The van der Waals surface area contributed by atoms with E-state index < -0.39 is 5.97 Å². The average molecular weight is 251 g/mol. The summed E-state index contributed by atoms with van der Waals surface area (Å²) in [5.41, 5.74) is 1.33. The van der Waals surface area contributed by atoms with Crippen LogP contribution in [0.2, 0.25) is 0 Å². The summed E-state index contributed by atoms with van der Waals surface area (Å²) in [5.74, 6) is -0.599. The summed E-state index contributed by atoms with van der Waals surface area (Å²) in [6.07, 6.45) is -0.103. The number of hydrogen-bond acceptors (Lipinski definition) is 4. The molecule has 18 heavy (non-hydrogen) atoms. The Hall–Kier alpha value is -1.68. The molecular weight excluding hydrogens is 230 g/mol. The highest BCUT2D eigenvalue weighted by molar-refractivity contribution is 5.94. The van der Waals surface area contributed by atoms with Crippen molar-refractivity contribution in [2.45, 2.75) is 26.8 Å². The molecule has 1 aromatic carbocycles. The van der Waals surface area contributed by atoms with E-state index in [1.54, 1.807) is 6.92 Å². The minimum Gasteiger partial charge on any atom is -0.466 e. The molecule has 0 aliphatic rings. The predicted octanol–water partition coefficient (Wildman–Crippen LogP) is 1.93. The van der Waals surface area contributed by atoms with E-state index in [9.17, 15) is 9.59 Å². The Morgan fingerprint density at radius 1 is 1.22 bits per heavy atom. The predicted molar refractivity (Wildman–Crippen MR) is 71.1 cm³/mol. The van der Waals surface area contributed by atoms with Crippen LogP contribution < -0.4 is 5.32 Å². The molecule has 0 amide bonds. The first-order chi connectivity index (χ1) is 8.60. The van der Waals surface area contributed by atoms with Gasteiger partial charge in [0.1, 0.15) is 12.2 Å². The van der Waals surface area contributed by atoms with Crippen molar-refractivity contribution < 1.29 is 14.3 Å². The number of carbonyl (C=O) groups is 2. The first kappa shape index (κ1) is 16.3. The summed E-state index contributed by atoms with van der Waals surface area (Å²) < 4.78 is 4.49. The van der Waals surface area contributed by atoms with Crippen LogP contribution in [0.1, 0.15) is 25.8 Å². The molecule has 1 rings (SSSR count). The van der Waals surface area contributed by atoms with Crippen LogP contribution in [0, 0.1) is 0 Å². The second-order valence-corrected chi connectivity index (χ2v) is 3.70. The van der Waals surface area contributed by atoms with Crippen LogP contribution >= 0.6 is 0 Å². The number of ether oxygens (including phenoxy) is 1. The third-order valence-electron chi connectivity index (χ3n) is 1.92. The van der Waals surface area contributed by atoms with Gasteiger partial charge in [-0.3, -0.25) is 9.59 Å². The van der Waals surface area contributed by atoms with E-state index in [2.05, 4.69) is 22.2 Å². The zero-order chi connectivity index (χ0) is 13.8. The maximum absolute atomic E-state index is 10.4. The van der Waals surface area contributed by atoms with Gasteiger partial charge in [0.2, 0.25) is 0 Å². The summed E-state index contributed by atoms with van der Waals surface area (Å²) in [5, 5.41) is 3.08. The minimum atomic E-state index is -0.440. The van der Waals surface area contributed by atoms with Gasteiger partial charge in [0.25, 0.3) is 0 Å². The third-order valence-corrected chi connectivity index (χ3v) is 1.92. The van der Waals surface area contributed by atoms with E-state index in [0.29, 0.717) is 6.61 Å². The van der Waals surface area contributed by atoms with Gasteiger partial charge in [-0.15, -0.1) is 0 Å². The number of carbonyl (C=O) groups excluding carboxylic acids is 2. The Morgan fingerprint density at radius 3 is 2.28 bits per heavy atom. The van der Waals surface area contributed by atoms with Crippen molar-refractivity contribution >= 4 is 11.8 Å². The molecule has 0 unspecified atom stereocenters. The summed E-state index contributed by atoms with van der Waals surface area (Å²) in [6.45, 7) is 4.36. The monoisotopic (exact) mass is 251 g/mol. The number of benzene rings is 1. The highest BCUT2D eigenvalue weighted by Crippen LogP contribution is 1.95. The van der Waals surface area contributed by atoms with E-state index in [1.807, 2.05) is 25.2 Å². The van der Waals surface area contributed by atoms with Crippen molar-refractivity contribution in [3.8, 4) is 0 Å². The largest absolute Gasteiger partial charge is 0.466 e. The van der Waals surface area contributed by atoms with Crippen LogP contribution in [-0.2, 0) is 20.9 Å². The smallest absolute Gasteiger partial charge is 0.313 e. The molecule has 1 aromatic rings. The Kier molecular flexibility index (Phi) is 9.50. The maximum Gasteiger partial charge on any atom is 0.313 e. The van der Waals surface area contributed by atoms with Gasteiger partial charge in [0.15, 0.2) is 0 Å². The zero-order valence-electron chi connectivity index (χ0n) is 11.2. The minimum absolute atomic E-state index is 0.103. The first-order valence-corrected chi connectivity index (χ1v) is 5.93. The van der Waals surface area contributed by atoms with E-state index in [1.165, 1.54) is 12.5 Å². The van der Waals surface area contributed by atoms with Crippen LogP contribution in [0.5, 0.6) is 0 Å². The van der Waals surface area contributed by atoms with Crippen LogP contribution in [0.4, 0.5) is 0 Å². The van der Waals surface area contributed by atoms with E-state index in [4.69, 9.17) is 0 Å². The summed E-state index contributed by atoms with van der Waals surface area (Å²) in [7, 11) is 1.95. The molecule has 4 nitrogen and oxygen atoms in total. The lowest BCUT2D eigenvalue weighted by atomic mass is 10.2. The van der Waals surface area contributed by atoms with Gasteiger partial charge < -0.3 is 10.1 Å². The summed E-state index contributed by atoms with van der Waals surface area (Å²) >= 11 is 0. The van der Waals surface area contributed by atoms with Crippen molar-refractivity contribution in [2.24, 2.45) is 0 Å². The molecule has 0 spiro atoms. The molecule has 0 bridgehead atoms. The number of ketones is 1. The molecular formula is C14H21NO3.